The van der Waals surface area contributed by atoms with E-state index in [2.05, 4.69) is 18.7 Å². The van der Waals surface area contributed by atoms with Crippen molar-refractivity contribution in [3.8, 4) is 0 Å². The van der Waals surface area contributed by atoms with Gasteiger partial charge in [0.1, 0.15) is 5.60 Å². The molecular weight excluding hydrogens is 228 g/mol. The largest absolute Gasteiger partial charge is 0.290 e. The second kappa shape index (κ2) is 4.32. The maximum atomic E-state index is 12.2. The number of ketones is 1. The summed E-state index contributed by atoms with van der Waals surface area (Å²) in [6.07, 6.45) is 7.10. The maximum Gasteiger partial charge on any atom is 0.184 e. The summed E-state index contributed by atoms with van der Waals surface area (Å²) in [4.78, 5) is 16.7. The zero-order chi connectivity index (χ0) is 13.6. The molecule has 2 aliphatic rings. The molecule has 2 atom stereocenters. The van der Waals surface area contributed by atoms with Gasteiger partial charge >= 0.3 is 0 Å². The Kier molecular flexibility index (Phi) is 3.24. The Balaban J connectivity index is 2.47. The fourth-order valence-electron chi connectivity index (χ4n) is 3.07. The lowest BCUT2D eigenvalue weighted by molar-refractivity contribution is -0.299. The summed E-state index contributed by atoms with van der Waals surface area (Å²) < 4.78 is 0. The van der Waals surface area contributed by atoms with E-state index in [0.717, 1.165) is 12.8 Å². The van der Waals surface area contributed by atoms with Gasteiger partial charge in [0, 0.05) is 11.0 Å². The number of carbonyl (C=O) groups excluding carboxylic acids is 1. The van der Waals surface area contributed by atoms with Crippen molar-refractivity contribution in [1.29, 1.82) is 0 Å². The van der Waals surface area contributed by atoms with E-state index in [1.165, 1.54) is 12.0 Å². The van der Waals surface area contributed by atoms with Gasteiger partial charge in [-0.2, -0.15) is 0 Å². The molecule has 0 aromatic heterocycles. The number of hydrogen-bond donors (Lipinski definition) is 1. The summed E-state index contributed by atoms with van der Waals surface area (Å²) in [6.45, 7) is 7.84. The van der Waals surface area contributed by atoms with Crippen LogP contribution in [0.25, 0.3) is 0 Å². The third-order valence-corrected chi connectivity index (χ3v) is 4.69. The van der Waals surface area contributed by atoms with Crippen molar-refractivity contribution in [2.75, 3.05) is 0 Å². The van der Waals surface area contributed by atoms with Crippen LogP contribution in [0.4, 0.5) is 0 Å². The molecule has 0 amide bonds. The molecule has 2 unspecified atom stereocenters. The highest BCUT2D eigenvalue weighted by Gasteiger charge is 2.43. The second-order valence-electron chi connectivity index (χ2n) is 6.27. The molecule has 0 heterocycles. The van der Waals surface area contributed by atoms with Crippen LogP contribution in [-0.2, 0) is 9.68 Å². The van der Waals surface area contributed by atoms with Gasteiger partial charge in [0.05, 0.1) is 0 Å². The third-order valence-electron chi connectivity index (χ3n) is 4.69. The first-order valence-corrected chi connectivity index (χ1v) is 6.62. The van der Waals surface area contributed by atoms with E-state index < -0.39 is 5.60 Å². The molecule has 0 radical (unpaired) electrons. The Labute approximate surface area is 108 Å². The second-order valence-corrected chi connectivity index (χ2v) is 6.27. The molecule has 3 nitrogen and oxygen atoms in total. The number of allylic oxidation sites excluding steroid dienone is 3. The fourth-order valence-corrected chi connectivity index (χ4v) is 3.07. The van der Waals surface area contributed by atoms with Crippen molar-refractivity contribution >= 4 is 5.78 Å². The first-order chi connectivity index (χ1) is 8.31. The van der Waals surface area contributed by atoms with Crippen LogP contribution in [0.5, 0.6) is 0 Å². The van der Waals surface area contributed by atoms with Crippen LogP contribution >= 0.6 is 0 Å². The molecule has 1 fully saturated rings. The Morgan fingerprint density at radius 3 is 2.78 bits per heavy atom. The van der Waals surface area contributed by atoms with E-state index >= 15 is 0 Å². The van der Waals surface area contributed by atoms with Crippen LogP contribution in [0.3, 0.4) is 0 Å². The summed E-state index contributed by atoms with van der Waals surface area (Å²) in [5, 5.41) is 9.00. The van der Waals surface area contributed by atoms with E-state index in [1.54, 1.807) is 19.9 Å². The maximum absolute atomic E-state index is 12.2. The topological polar surface area (TPSA) is 46.5 Å². The molecule has 2 rings (SSSR count). The van der Waals surface area contributed by atoms with Crippen LogP contribution in [-0.4, -0.2) is 16.6 Å². The highest BCUT2D eigenvalue weighted by Crippen LogP contribution is 2.49. The number of fused-ring (bicyclic) bond motifs is 1. The molecule has 0 aliphatic heterocycles. The third kappa shape index (κ3) is 1.95. The molecule has 0 aromatic carbocycles. The van der Waals surface area contributed by atoms with Gasteiger partial charge in [0.15, 0.2) is 5.78 Å². The summed E-state index contributed by atoms with van der Waals surface area (Å²) in [5.41, 5.74) is 0.769. The van der Waals surface area contributed by atoms with Gasteiger partial charge in [-0.3, -0.25) is 10.1 Å². The van der Waals surface area contributed by atoms with E-state index in [1.807, 2.05) is 6.08 Å². The summed E-state index contributed by atoms with van der Waals surface area (Å²) >= 11 is 0. The quantitative estimate of drug-likeness (QED) is 0.602. The van der Waals surface area contributed by atoms with Gasteiger partial charge < -0.3 is 0 Å². The first-order valence-electron chi connectivity index (χ1n) is 6.62. The fraction of sp³-hybridized carbons (Fsp3) is 0.667. The van der Waals surface area contributed by atoms with Gasteiger partial charge in [0.2, 0.25) is 0 Å². The van der Waals surface area contributed by atoms with Crippen LogP contribution in [0.1, 0.15) is 47.0 Å². The van der Waals surface area contributed by atoms with Gasteiger partial charge in [-0.25, -0.2) is 4.89 Å². The summed E-state index contributed by atoms with van der Waals surface area (Å²) in [6, 6.07) is 0. The summed E-state index contributed by atoms with van der Waals surface area (Å²) in [5.74, 6) is 0.478. The average Bonchev–Trinajstić information content (AvgIpc) is 2.31. The molecule has 1 N–H and O–H groups in total. The first kappa shape index (κ1) is 13.5. The van der Waals surface area contributed by atoms with Crippen LogP contribution in [0.15, 0.2) is 23.3 Å². The molecule has 3 heteroatoms. The monoisotopic (exact) mass is 250 g/mol. The molecule has 100 valence electrons. The lowest BCUT2D eigenvalue weighted by atomic mass is 9.61. The molecule has 18 heavy (non-hydrogen) atoms. The average molecular weight is 250 g/mol. The van der Waals surface area contributed by atoms with Crippen molar-refractivity contribution in [2.45, 2.75) is 52.6 Å². The van der Waals surface area contributed by atoms with Gasteiger partial charge in [0.25, 0.3) is 0 Å². The Hall–Kier alpha value is -0.930. The van der Waals surface area contributed by atoms with E-state index in [-0.39, 0.29) is 11.2 Å². The van der Waals surface area contributed by atoms with E-state index in [9.17, 15) is 4.79 Å². The van der Waals surface area contributed by atoms with Crippen molar-refractivity contribution in [2.24, 2.45) is 11.3 Å². The van der Waals surface area contributed by atoms with Crippen molar-refractivity contribution < 1.29 is 14.9 Å². The minimum absolute atomic E-state index is 0.0318. The van der Waals surface area contributed by atoms with E-state index in [4.69, 9.17) is 5.26 Å². The lowest BCUT2D eigenvalue weighted by Crippen LogP contribution is -2.39. The molecule has 0 spiro atoms. The molecule has 0 aromatic rings. The van der Waals surface area contributed by atoms with Crippen LogP contribution in [0, 0.1) is 11.3 Å². The summed E-state index contributed by atoms with van der Waals surface area (Å²) in [7, 11) is 0. The minimum atomic E-state index is -0.945. The van der Waals surface area contributed by atoms with Gasteiger partial charge in [-0.15, -0.1) is 0 Å². The number of carbonyl (C=O) groups is 1. The molecule has 1 saturated carbocycles. The van der Waals surface area contributed by atoms with Crippen LogP contribution < -0.4 is 0 Å². The predicted octanol–water partition coefficient (Wildman–Crippen LogP) is 3.52. The minimum Gasteiger partial charge on any atom is -0.290 e. The highest BCUT2D eigenvalue weighted by molar-refractivity contribution is 6.07. The van der Waals surface area contributed by atoms with Crippen LogP contribution in [0.2, 0.25) is 0 Å². The normalized spacial score (nSPS) is 32.7. The van der Waals surface area contributed by atoms with Gasteiger partial charge in [-0.05, 0) is 45.1 Å². The SMILES string of the molecule is CC1CCCC2=CC(=O)C(C(C)(C)OO)=CC21C. The predicted molar refractivity (Wildman–Crippen MR) is 70.1 cm³/mol. The highest BCUT2D eigenvalue weighted by atomic mass is 17.1. The van der Waals surface area contributed by atoms with Gasteiger partial charge in [-0.1, -0.05) is 25.5 Å². The zero-order valence-corrected chi connectivity index (χ0v) is 11.6. The Morgan fingerprint density at radius 1 is 1.50 bits per heavy atom. The Morgan fingerprint density at radius 2 is 2.17 bits per heavy atom. The molecule has 2 aliphatic carbocycles. The van der Waals surface area contributed by atoms with Crippen molar-refractivity contribution in [3.63, 3.8) is 0 Å². The van der Waals surface area contributed by atoms with Crippen molar-refractivity contribution in [1.82, 2.24) is 0 Å². The smallest absolute Gasteiger partial charge is 0.184 e. The molecule has 0 bridgehead atoms. The van der Waals surface area contributed by atoms with E-state index in [0.29, 0.717) is 11.5 Å². The van der Waals surface area contributed by atoms with Crippen molar-refractivity contribution in [3.05, 3.63) is 23.3 Å². The zero-order valence-electron chi connectivity index (χ0n) is 11.6. The number of rotatable bonds is 2. The molecular formula is C15H22O3. The standard InChI is InChI=1S/C15H22O3/c1-10-6-5-7-11-8-13(16)12(9-15(10,11)4)14(2,3)18-17/h8-10,17H,5-7H2,1-4H3. The number of hydrogen-bond acceptors (Lipinski definition) is 3. The Bertz CT molecular complexity index is 431. The molecule has 0 saturated heterocycles. The lowest BCUT2D eigenvalue weighted by Gasteiger charge is -2.43.